The van der Waals surface area contributed by atoms with Gasteiger partial charge in [0, 0.05) is 0 Å². The van der Waals surface area contributed by atoms with Crippen LogP contribution in [-0.4, -0.2) is 4.98 Å². The Kier molecular flexibility index (Phi) is 3.63. The topological polar surface area (TPSA) is 22.1 Å². The summed E-state index contributed by atoms with van der Waals surface area (Å²) in [6, 6.07) is 0.989. The lowest BCUT2D eigenvalue weighted by molar-refractivity contribution is -0.143. The van der Waals surface area contributed by atoms with Gasteiger partial charge < -0.3 is 4.74 Å². The lowest BCUT2D eigenvalue weighted by Gasteiger charge is -2.13. The van der Waals surface area contributed by atoms with Gasteiger partial charge in [-0.15, -0.1) is 11.3 Å². The summed E-state index contributed by atoms with van der Waals surface area (Å²) in [6.45, 7) is 0. The number of halogens is 6. The number of benzene rings is 1. The number of hydrogen-bond donors (Lipinski definition) is 0. The molecule has 0 spiro atoms. The number of ether oxygens (including phenoxy) is 1. The van der Waals surface area contributed by atoms with Gasteiger partial charge in [-0.1, -0.05) is 0 Å². The minimum absolute atomic E-state index is 0.0278. The minimum Gasteiger partial charge on any atom is -0.438 e. The molecular weight excluding hydrogens is 308 g/mol. The average molecular weight is 312 g/mol. The zero-order valence-electron chi connectivity index (χ0n) is 9.34. The third-order valence-electron chi connectivity index (χ3n) is 2.15. The van der Waals surface area contributed by atoms with Gasteiger partial charge in [-0.05, 0) is 18.2 Å². The number of alkyl halides is 6. The van der Waals surface area contributed by atoms with Crippen LogP contribution < -0.4 is 4.74 Å². The lowest BCUT2D eigenvalue weighted by atomic mass is 10.1. The minimum atomic E-state index is -4.91. The van der Waals surface area contributed by atoms with Crippen molar-refractivity contribution in [2.24, 2.45) is 0 Å². The maximum absolute atomic E-state index is 12.6. The van der Waals surface area contributed by atoms with Crippen molar-refractivity contribution < 1.29 is 31.1 Å². The van der Waals surface area contributed by atoms with Crippen molar-refractivity contribution in [1.82, 2.24) is 4.98 Å². The van der Waals surface area contributed by atoms with Gasteiger partial charge in [0.15, 0.2) is 5.51 Å². The summed E-state index contributed by atoms with van der Waals surface area (Å²) in [7, 11) is 0. The summed E-state index contributed by atoms with van der Waals surface area (Å²) in [5.41, 5.74) is -0.524. The molecule has 0 N–H and O–H groups in total. The average Bonchev–Trinajstić information content (AvgIpc) is 2.79. The van der Waals surface area contributed by atoms with Crippen molar-refractivity contribution in [2.75, 3.05) is 0 Å². The van der Waals surface area contributed by atoms with E-state index < -0.39 is 29.2 Å². The number of rotatable bonds is 2. The molecule has 2 rings (SSSR count). The van der Waals surface area contributed by atoms with Crippen LogP contribution in [0.3, 0.4) is 0 Å². The van der Waals surface area contributed by atoms with Crippen molar-refractivity contribution in [1.29, 1.82) is 0 Å². The van der Waals surface area contributed by atoms with E-state index >= 15 is 0 Å². The molecule has 1 aromatic heterocycles. The van der Waals surface area contributed by atoms with Crippen LogP contribution in [0.2, 0.25) is 0 Å². The zero-order chi connectivity index (χ0) is 15.0. The smallest absolute Gasteiger partial charge is 0.416 e. The van der Waals surface area contributed by atoms with Gasteiger partial charge in [0.25, 0.3) is 0 Å². The second-order valence-electron chi connectivity index (χ2n) is 3.62. The predicted octanol–water partition coefficient (Wildman–Crippen LogP) is 4.77. The van der Waals surface area contributed by atoms with E-state index in [2.05, 4.69) is 10.5 Å². The van der Waals surface area contributed by atoms with E-state index in [0.717, 1.165) is 11.3 Å². The predicted molar refractivity (Wildman–Crippen MR) is 57.5 cm³/mol. The fraction of sp³-hybridized carbons (Fsp3) is 0.182. The lowest BCUT2D eigenvalue weighted by Crippen LogP contribution is -2.11. The van der Waals surface area contributed by atoms with Crippen molar-refractivity contribution >= 4 is 11.3 Å². The maximum Gasteiger partial charge on any atom is 0.416 e. The maximum atomic E-state index is 12.6. The molecule has 107 valence electrons. The SMILES string of the molecule is FC(F)(F)c1cc(Oc2cs[c]n2)cc(C(F)(F)F)c1. The van der Waals surface area contributed by atoms with Crippen LogP contribution in [0.5, 0.6) is 11.6 Å². The van der Waals surface area contributed by atoms with Crippen LogP contribution in [0.15, 0.2) is 23.6 Å². The Bertz CT molecular complexity index is 558. The van der Waals surface area contributed by atoms with Crippen molar-refractivity contribution in [3.63, 3.8) is 0 Å². The summed E-state index contributed by atoms with van der Waals surface area (Å²) in [5, 5.41) is 1.30. The quantitative estimate of drug-likeness (QED) is 0.745. The van der Waals surface area contributed by atoms with E-state index in [1.807, 2.05) is 0 Å². The number of hydrogen-bond acceptors (Lipinski definition) is 3. The molecule has 0 aliphatic carbocycles. The van der Waals surface area contributed by atoms with Crippen LogP contribution in [0, 0.1) is 5.51 Å². The molecule has 0 fully saturated rings. The van der Waals surface area contributed by atoms with E-state index in [1.165, 1.54) is 5.38 Å². The molecule has 2 aromatic rings. The fourth-order valence-corrected chi connectivity index (χ4v) is 1.72. The molecule has 1 aromatic carbocycles. The van der Waals surface area contributed by atoms with Gasteiger partial charge in [0.1, 0.15) is 5.75 Å². The Hall–Kier alpha value is -1.77. The molecule has 0 aliphatic heterocycles. The first-order chi connectivity index (χ1) is 9.16. The van der Waals surface area contributed by atoms with Gasteiger partial charge in [0.2, 0.25) is 5.88 Å². The first-order valence-corrected chi connectivity index (χ1v) is 5.83. The molecule has 0 amide bonds. The second kappa shape index (κ2) is 4.97. The highest BCUT2D eigenvalue weighted by Crippen LogP contribution is 2.39. The molecular formula is C11H4F6NOS. The Morgan fingerprint density at radius 1 is 0.950 bits per heavy atom. The molecule has 9 heteroatoms. The fourth-order valence-electron chi connectivity index (χ4n) is 1.33. The summed E-state index contributed by atoms with van der Waals surface area (Å²) < 4.78 is 80.3. The number of thiazole rings is 1. The van der Waals surface area contributed by atoms with Crippen LogP contribution in [-0.2, 0) is 12.4 Å². The normalized spacial score (nSPS) is 12.5. The summed E-state index contributed by atoms with van der Waals surface area (Å²) in [6.07, 6.45) is -9.82. The molecule has 0 bridgehead atoms. The van der Waals surface area contributed by atoms with E-state index in [1.54, 1.807) is 0 Å². The Morgan fingerprint density at radius 3 is 1.90 bits per heavy atom. The molecule has 20 heavy (non-hydrogen) atoms. The standard InChI is InChI=1S/C11H4F6NOS/c12-10(13,14)6-1-7(11(15,16)17)3-8(2-6)19-9-4-20-5-18-9/h1-4H. The molecule has 0 unspecified atom stereocenters. The molecule has 2 nitrogen and oxygen atoms in total. The van der Waals surface area contributed by atoms with Gasteiger partial charge >= 0.3 is 12.4 Å². The zero-order valence-corrected chi connectivity index (χ0v) is 10.2. The summed E-state index contributed by atoms with van der Waals surface area (Å²) in [5.74, 6) is -0.714. The second-order valence-corrected chi connectivity index (χ2v) is 4.27. The highest BCUT2D eigenvalue weighted by Gasteiger charge is 2.37. The molecule has 1 radical (unpaired) electrons. The van der Waals surface area contributed by atoms with Crippen LogP contribution in [0.1, 0.15) is 11.1 Å². The Balaban J connectivity index is 2.46. The monoisotopic (exact) mass is 312 g/mol. The molecule has 0 atom stereocenters. The number of aromatic nitrogens is 1. The van der Waals surface area contributed by atoms with Crippen molar-refractivity contribution in [2.45, 2.75) is 12.4 Å². The van der Waals surface area contributed by atoms with Gasteiger partial charge in [-0.3, -0.25) is 0 Å². The molecule has 1 heterocycles. The third-order valence-corrected chi connectivity index (χ3v) is 2.67. The van der Waals surface area contributed by atoms with Crippen LogP contribution in [0.4, 0.5) is 26.3 Å². The van der Waals surface area contributed by atoms with Crippen LogP contribution >= 0.6 is 11.3 Å². The summed E-state index contributed by atoms with van der Waals surface area (Å²) in [4.78, 5) is 3.50. The molecule has 0 saturated heterocycles. The largest absolute Gasteiger partial charge is 0.438 e. The van der Waals surface area contributed by atoms with Gasteiger partial charge in [-0.25, -0.2) is 0 Å². The van der Waals surface area contributed by atoms with E-state index in [4.69, 9.17) is 4.74 Å². The van der Waals surface area contributed by atoms with Gasteiger partial charge in [-0.2, -0.15) is 31.3 Å². The third kappa shape index (κ3) is 3.41. The van der Waals surface area contributed by atoms with E-state index in [0.29, 0.717) is 12.1 Å². The Labute approximate surface area is 112 Å². The van der Waals surface area contributed by atoms with E-state index in [9.17, 15) is 26.3 Å². The van der Waals surface area contributed by atoms with Crippen molar-refractivity contribution in [3.05, 3.63) is 40.2 Å². The molecule has 0 saturated carbocycles. The Morgan fingerprint density at radius 2 is 1.50 bits per heavy atom. The van der Waals surface area contributed by atoms with Gasteiger partial charge in [0.05, 0.1) is 16.5 Å². The highest BCUT2D eigenvalue weighted by molar-refractivity contribution is 7.07. The molecule has 0 aliphatic rings. The highest BCUT2D eigenvalue weighted by atomic mass is 32.1. The first-order valence-electron chi connectivity index (χ1n) is 4.95. The number of nitrogens with zero attached hydrogens (tertiary/aromatic N) is 1. The van der Waals surface area contributed by atoms with Crippen LogP contribution in [0.25, 0.3) is 0 Å². The van der Waals surface area contributed by atoms with E-state index in [-0.39, 0.29) is 11.9 Å². The first kappa shape index (κ1) is 14.6. The van der Waals surface area contributed by atoms with Crippen molar-refractivity contribution in [3.8, 4) is 11.6 Å². The summed E-state index contributed by atoms with van der Waals surface area (Å²) >= 11 is 0.973.